The van der Waals surface area contributed by atoms with Crippen LogP contribution in [0.4, 0.5) is 0 Å². The molecule has 0 aromatic heterocycles. The molecule has 0 radical (unpaired) electrons. The van der Waals surface area contributed by atoms with Crippen LogP contribution in [-0.4, -0.2) is 27.2 Å². The maximum absolute atomic E-state index is 10.9. The lowest BCUT2D eigenvalue weighted by Gasteiger charge is -2.22. The molecule has 1 fully saturated rings. The van der Waals surface area contributed by atoms with Gasteiger partial charge in [-0.25, -0.2) is 0 Å². The third kappa shape index (κ3) is 1.82. The van der Waals surface area contributed by atoms with Gasteiger partial charge in [0.2, 0.25) is 0 Å². The van der Waals surface area contributed by atoms with Gasteiger partial charge in [-0.15, -0.1) is 23.5 Å². The van der Waals surface area contributed by atoms with E-state index in [2.05, 4.69) is 13.0 Å². The zero-order valence-electron chi connectivity index (χ0n) is 8.05. The molecule has 0 saturated carbocycles. The second-order valence-corrected chi connectivity index (χ2v) is 6.59. The summed E-state index contributed by atoms with van der Waals surface area (Å²) in [6.45, 7) is 2.06. The van der Waals surface area contributed by atoms with E-state index in [4.69, 9.17) is 5.11 Å². The summed E-state index contributed by atoms with van der Waals surface area (Å²) in [5, 5.41) is 8.98. The van der Waals surface area contributed by atoms with E-state index in [1.54, 1.807) is 0 Å². The molecule has 1 N–H and O–H groups in total. The molecule has 1 aliphatic carbocycles. The first kappa shape index (κ1) is 10.4. The summed E-state index contributed by atoms with van der Waals surface area (Å²) in [6, 6.07) is 0. The van der Waals surface area contributed by atoms with Gasteiger partial charge < -0.3 is 5.11 Å². The summed E-state index contributed by atoms with van der Waals surface area (Å²) in [4.78, 5) is 10.9. The molecule has 0 spiro atoms. The standard InChI is InChI=1S/C10H14O2S2/c1-6-7(9(11)12)2-3-8(6)10-13-4-5-14-10/h2-3,6-8,10H,4-5H2,1H3,(H,11,12)/t6-,7+,8?/m0/s1. The molecule has 14 heavy (non-hydrogen) atoms. The lowest BCUT2D eigenvalue weighted by atomic mass is 9.91. The zero-order chi connectivity index (χ0) is 10.1. The van der Waals surface area contributed by atoms with E-state index < -0.39 is 5.97 Å². The van der Waals surface area contributed by atoms with Crippen molar-refractivity contribution in [1.82, 2.24) is 0 Å². The lowest BCUT2D eigenvalue weighted by Crippen LogP contribution is -2.24. The molecule has 1 saturated heterocycles. The van der Waals surface area contributed by atoms with Crippen LogP contribution in [0.25, 0.3) is 0 Å². The summed E-state index contributed by atoms with van der Waals surface area (Å²) in [7, 11) is 0. The quantitative estimate of drug-likeness (QED) is 0.739. The number of thioether (sulfide) groups is 2. The second-order valence-electron chi connectivity index (χ2n) is 3.80. The van der Waals surface area contributed by atoms with Crippen LogP contribution < -0.4 is 0 Å². The minimum atomic E-state index is -0.677. The van der Waals surface area contributed by atoms with Gasteiger partial charge in [0.25, 0.3) is 0 Å². The van der Waals surface area contributed by atoms with Gasteiger partial charge >= 0.3 is 5.97 Å². The monoisotopic (exact) mass is 230 g/mol. The van der Waals surface area contributed by atoms with Crippen molar-refractivity contribution in [2.45, 2.75) is 11.5 Å². The Morgan fingerprint density at radius 2 is 2.00 bits per heavy atom. The van der Waals surface area contributed by atoms with Crippen LogP contribution in [0, 0.1) is 17.8 Å². The number of aliphatic carboxylic acids is 1. The van der Waals surface area contributed by atoms with Crippen LogP contribution in [0.15, 0.2) is 12.2 Å². The van der Waals surface area contributed by atoms with E-state index >= 15 is 0 Å². The smallest absolute Gasteiger partial charge is 0.310 e. The van der Waals surface area contributed by atoms with Gasteiger partial charge in [0.1, 0.15) is 0 Å². The Kier molecular flexibility index (Phi) is 3.12. The first-order chi connectivity index (χ1) is 6.70. The van der Waals surface area contributed by atoms with Crippen LogP contribution in [0.2, 0.25) is 0 Å². The molecule has 78 valence electrons. The van der Waals surface area contributed by atoms with E-state index in [0.717, 1.165) is 0 Å². The van der Waals surface area contributed by atoms with E-state index in [1.165, 1.54) is 11.5 Å². The first-order valence-corrected chi connectivity index (χ1v) is 6.94. The molecule has 3 atom stereocenters. The average Bonchev–Trinajstić information content (AvgIpc) is 2.71. The number of carbonyl (C=O) groups is 1. The minimum Gasteiger partial charge on any atom is -0.481 e. The zero-order valence-corrected chi connectivity index (χ0v) is 9.68. The molecule has 4 heteroatoms. The number of carboxylic acid groups (broad SMARTS) is 1. The highest BCUT2D eigenvalue weighted by molar-refractivity contribution is 8.20. The van der Waals surface area contributed by atoms with E-state index in [1.807, 2.05) is 29.6 Å². The number of hydrogen-bond donors (Lipinski definition) is 1. The van der Waals surface area contributed by atoms with Crippen molar-refractivity contribution in [3.8, 4) is 0 Å². The van der Waals surface area contributed by atoms with Crippen LogP contribution in [0.5, 0.6) is 0 Å². The summed E-state index contributed by atoms with van der Waals surface area (Å²) < 4.78 is 0.589. The van der Waals surface area contributed by atoms with Gasteiger partial charge in [0.15, 0.2) is 0 Å². The normalized spacial score (nSPS) is 37.9. The van der Waals surface area contributed by atoms with Gasteiger partial charge in [-0.1, -0.05) is 19.1 Å². The molecule has 1 heterocycles. The highest BCUT2D eigenvalue weighted by Crippen LogP contribution is 2.45. The van der Waals surface area contributed by atoms with Crippen LogP contribution in [0.1, 0.15) is 6.92 Å². The van der Waals surface area contributed by atoms with Gasteiger partial charge in [0.05, 0.1) is 10.5 Å². The predicted octanol–water partition coefficient (Wildman–Crippen LogP) is 2.32. The van der Waals surface area contributed by atoms with Crippen molar-refractivity contribution in [1.29, 1.82) is 0 Å². The fourth-order valence-corrected chi connectivity index (χ4v) is 5.40. The van der Waals surface area contributed by atoms with Crippen molar-refractivity contribution in [2.24, 2.45) is 17.8 Å². The van der Waals surface area contributed by atoms with Crippen molar-refractivity contribution >= 4 is 29.5 Å². The van der Waals surface area contributed by atoms with Gasteiger partial charge in [-0.05, 0) is 5.92 Å². The van der Waals surface area contributed by atoms with Gasteiger partial charge in [-0.2, -0.15) is 0 Å². The third-order valence-electron chi connectivity index (χ3n) is 2.96. The Labute approximate surface area is 92.5 Å². The van der Waals surface area contributed by atoms with E-state index in [0.29, 0.717) is 10.5 Å². The molecular formula is C10H14O2S2. The Balaban J connectivity index is 2.03. The molecule has 2 aliphatic rings. The van der Waals surface area contributed by atoms with Gasteiger partial charge in [0, 0.05) is 17.4 Å². The van der Waals surface area contributed by atoms with Crippen molar-refractivity contribution < 1.29 is 9.90 Å². The molecule has 0 aromatic rings. The molecule has 0 aromatic carbocycles. The SMILES string of the molecule is C[C@@H]1C(C2SCCS2)C=C[C@H]1C(=O)O. The Morgan fingerprint density at radius 1 is 1.36 bits per heavy atom. The number of carboxylic acids is 1. The number of hydrogen-bond acceptors (Lipinski definition) is 3. The largest absolute Gasteiger partial charge is 0.481 e. The average molecular weight is 230 g/mol. The fourth-order valence-electron chi connectivity index (χ4n) is 2.08. The Bertz CT molecular complexity index is 259. The molecule has 2 rings (SSSR count). The van der Waals surface area contributed by atoms with Crippen LogP contribution in [-0.2, 0) is 4.79 Å². The molecule has 0 amide bonds. The predicted molar refractivity (Wildman–Crippen MR) is 61.6 cm³/mol. The number of allylic oxidation sites excluding steroid dienone is 1. The molecule has 2 nitrogen and oxygen atoms in total. The Hall–Kier alpha value is -0.0900. The first-order valence-electron chi connectivity index (χ1n) is 4.84. The molecule has 1 aliphatic heterocycles. The lowest BCUT2D eigenvalue weighted by molar-refractivity contribution is -0.141. The molecule has 1 unspecified atom stereocenters. The molecule has 0 bridgehead atoms. The number of rotatable bonds is 2. The van der Waals surface area contributed by atoms with Crippen molar-refractivity contribution in [3.05, 3.63) is 12.2 Å². The minimum absolute atomic E-state index is 0.260. The maximum atomic E-state index is 10.9. The van der Waals surface area contributed by atoms with Gasteiger partial charge in [-0.3, -0.25) is 4.79 Å². The highest BCUT2D eigenvalue weighted by atomic mass is 32.2. The summed E-state index contributed by atoms with van der Waals surface area (Å²) >= 11 is 3.95. The molecular weight excluding hydrogens is 216 g/mol. The Morgan fingerprint density at radius 3 is 2.50 bits per heavy atom. The third-order valence-corrected chi connectivity index (χ3v) is 6.20. The van der Waals surface area contributed by atoms with Crippen molar-refractivity contribution in [3.63, 3.8) is 0 Å². The van der Waals surface area contributed by atoms with Crippen LogP contribution in [0.3, 0.4) is 0 Å². The summed E-state index contributed by atoms with van der Waals surface area (Å²) in [6.07, 6.45) is 3.98. The maximum Gasteiger partial charge on any atom is 0.310 e. The van der Waals surface area contributed by atoms with E-state index in [9.17, 15) is 4.79 Å². The second kappa shape index (κ2) is 4.19. The van der Waals surface area contributed by atoms with Crippen molar-refractivity contribution in [2.75, 3.05) is 11.5 Å². The van der Waals surface area contributed by atoms with Crippen LogP contribution >= 0.6 is 23.5 Å². The summed E-state index contributed by atoms with van der Waals surface area (Å²) in [5.41, 5.74) is 0. The van der Waals surface area contributed by atoms with E-state index in [-0.39, 0.29) is 11.8 Å². The highest BCUT2D eigenvalue weighted by Gasteiger charge is 2.38. The fraction of sp³-hybridized carbons (Fsp3) is 0.700. The summed E-state index contributed by atoms with van der Waals surface area (Å²) in [5.74, 6) is 2.20. The topological polar surface area (TPSA) is 37.3 Å².